The number of hydrogen-bond donors (Lipinski definition) is 3. The van der Waals surface area contributed by atoms with Crippen molar-refractivity contribution in [1.29, 1.82) is 0 Å². The van der Waals surface area contributed by atoms with E-state index in [1.807, 2.05) is 24.8 Å². The van der Waals surface area contributed by atoms with Crippen molar-refractivity contribution in [2.45, 2.75) is 69.1 Å². The first kappa shape index (κ1) is 42.8. The average molecular weight is 886 g/mol. The Morgan fingerprint density at radius 1 is 0.806 bits per heavy atom. The number of ether oxygens (including phenoxy) is 3. The third-order valence-corrected chi connectivity index (χ3v) is 13.7. The molecule has 10 rings (SSSR count). The second-order valence-electron chi connectivity index (χ2n) is 18.3. The van der Waals surface area contributed by atoms with Crippen LogP contribution in [0, 0.1) is 34.3 Å². The van der Waals surface area contributed by atoms with Crippen LogP contribution >= 0.6 is 11.8 Å². The number of alkyl halides is 4. The summed E-state index contributed by atoms with van der Waals surface area (Å²) in [4.78, 5) is 33.1. The van der Waals surface area contributed by atoms with E-state index in [0.717, 1.165) is 82.7 Å². The van der Waals surface area contributed by atoms with Crippen LogP contribution in [0.15, 0.2) is 59.5 Å². The highest BCUT2D eigenvalue weighted by Gasteiger charge is 2.53. The van der Waals surface area contributed by atoms with Gasteiger partial charge in [0.25, 0.3) is 0 Å². The van der Waals surface area contributed by atoms with Crippen LogP contribution in [0.4, 0.5) is 26.3 Å². The minimum atomic E-state index is -3.04. The molecule has 332 valence electrons. The number of carbonyl (C=O) groups excluding carboxylic acids is 1. The number of carbonyl (C=O) groups is 1. The molecule has 18 heteroatoms. The Labute approximate surface area is 358 Å². The number of benzene rings is 3. The highest BCUT2D eigenvalue weighted by atomic mass is 32.2. The van der Waals surface area contributed by atoms with E-state index in [1.165, 1.54) is 17.0 Å². The molecule has 3 aromatic carbocycles. The molecule has 3 saturated heterocycles. The number of halogens is 6. The predicted molar refractivity (Wildman–Crippen MR) is 221 cm³/mol. The van der Waals surface area contributed by atoms with Crippen LogP contribution in [0.25, 0.3) is 22.1 Å². The van der Waals surface area contributed by atoms with Gasteiger partial charge in [-0.15, -0.1) is 11.8 Å². The number of aromatic nitrogens is 4. The fourth-order valence-corrected chi connectivity index (χ4v) is 11.3. The average Bonchev–Trinajstić information content (AvgIpc) is 3.74. The second-order valence-corrected chi connectivity index (χ2v) is 19.5. The van der Waals surface area contributed by atoms with Crippen molar-refractivity contribution in [1.82, 2.24) is 35.1 Å². The van der Waals surface area contributed by atoms with Crippen molar-refractivity contribution >= 4 is 39.7 Å². The first-order valence-corrected chi connectivity index (χ1v) is 21.9. The summed E-state index contributed by atoms with van der Waals surface area (Å²) in [5.41, 5.74) is 1.70. The lowest BCUT2D eigenvalue weighted by atomic mass is 9.57. The largest absolute Gasteiger partial charge is 0.432 e. The summed E-state index contributed by atoms with van der Waals surface area (Å²) < 4.78 is 91.8. The van der Waals surface area contributed by atoms with E-state index in [2.05, 4.69) is 68.8 Å². The number of amides is 1. The second kappa shape index (κ2) is 17.2. The normalized spacial score (nSPS) is 21.2. The molecule has 5 aromatic rings. The number of imidazole rings is 2. The van der Waals surface area contributed by atoms with Gasteiger partial charge < -0.3 is 34.4 Å². The lowest BCUT2D eigenvalue weighted by molar-refractivity contribution is -0.140. The number of fused-ring (bicyclic) bond motifs is 2. The predicted octanol–water partition coefficient (Wildman–Crippen LogP) is 7.81. The SMILES string of the molecule is CC1(NC(=O)CN2CC3(CC(Cc4nc5c(OC(F)F)cc(F)cc5[nH]4)C3)C2)COC1.Fc1cc(OC(F)F)c2nc(CC3CC4(C3)CN(CCSc3ccccc3)C4)[nH]c2c1. The Kier molecular flexibility index (Phi) is 11.9. The molecule has 0 unspecified atom stereocenters. The van der Waals surface area contributed by atoms with Crippen molar-refractivity contribution in [2.75, 3.05) is 58.2 Å². The minimum Gasteiger partial charge on any atom is -0.432 e. The van der Waals surface area contributed by atoms with E-state index < -0.39 is 24.9 Å². The molecule has 2 aromatic heterocycles. The summed E-state index contributed by atoms with van der Waals surface area (Å²) in [5, 5.41) is 3.03. The molecule has 2 saturated carbocycles. The van der Waals surface area contributed by atoms with E-state index in [4.69, 9.17) is 4.74 Å². The lowest BCUT2D eigenvalue weighted by Crippen LogP contribution is -2.66. The van der Waals surface area contributed by atoms with Gasteiger partial charge in [-0.2, -0.15) is 17.6 Å². The lowest BCUT2D eigenvalue weighted by Gasteiger charge is -2.59. The third kappa shape index (κ3) is 9.67. The molecule has 0 bridgehead atoms. The highest BCUT2D eigenvalue weighted by molar-refractivity contribution is 7.99. The van der Waals surface area contributed by atoms with E-state index in [0.29, 0.717) is 66.1 Å². The van der Waals surface area contributed by atoms with Crippen molar-refractivity contribution in [3.8, 4) is 11.5 Å². The van der Waals surface area contributed by atoms with Gasteiger partial charge in [0.05, 0.1) is 36.3 Å². The van der Waals surface area contributed by atoms with Gasteiger partial charge in [0.2, 0.25) is 5.91 Å². The number of H-pyrrole nitrogens is 2. The number of rotatable bonds is 15. The van der Waals surface area contributed by atoms with E-state index in [1.54, 1.807) is 0 Å². The number of nitrogens with one attached hydrogen (secondary N) is 3. The smallest absolute Gasteiger partial charge is 0.387 e. The van der Waals surface area contributed by atoms with Gasteiger partial charge in [-0.3, -0.25) is 9.69 Å². The molecule has 5 fully saturated rings. The van der Waals surface area contributed by atoms with E-state index in [-0.39, 0.29) is 39.4 Å². The number of thioether (sulfide) groups is 1. The Bertz CT molecular complexity index is 2370. The van der Waals surface area contributed by atoms with Crippen LogP contribution < -0.4 is 14.8 Å². The standard InChI is InChI=1S/C23H24F3N3OS.C21H25F3N4O3/c24-16-9-18-21(19(10-16)30-22(25)26)28-20(27-18)8-15-11-23(12-15)13-29(14-23)6-7-31-17-4-2-1-3-5-17;1-20(10-30-11-20)27-17(29)7-28-8-21(9-28)5-12(6-21)2-16-25-14-3-13(22)4-15(18(14)26-16)31-19(23)24/h1-5,9-10,15,22H,6-8,11-14H2,(H,27,28);3-4,12,19H,2,5-11H2,1H3,(H,25,26)(H,27,29). The fourth-order valence-electron chi connectivity index (χ4n) is 10.4. The maximum absolute atomic E-state index is 13.7. The zero-order valence-electron chi connectivity index (χ0n) is 34.2. The molecule has 0 radical (unpaired) electrons. The molecule has 2 spiro atoms. The summed E-state index contributed by atoms with van der Waals surface area (Å²) in [6, 6.07) is 14.9. The van der Waals surface area contributed by atoms with Crippen LogP contribution in [-0.4, -0.2) is 113 Å². The van der Waals surface area contributed by atoms with Gasteiger partial charge in [0, 0.05) is 68.3 Å². The molecule has 3 N–H and O–H groups in total. The van der Waals surface area contributed by atoms with Gasteiger partial charge in [-0.1, -0.05) is 18.2 Å². The zero-order chi connectivity index (χ0) is 43.2. The summed E-state index contributed by atoms with van der Waals surface area (Å²) >= 11 is 1.90. The van der Waals surface area contributed by atoms with Crippen molar-refractivity contribution in [3.05, 3.63) is 77.9 Å². The molecular formula is C44H49F6N7O4S. The minimum absolute atomic E-state index is 0.0350. The first-order valence-electron chi connectivity index (χ1n) is 21.0. The Balaban J connectivity index is 0.000000158. The Morgan fingerprint density at radius 3 is 1.77 bits per heavy atom. The maximum atomic E-state index is 13.7. The molecule has 0 atom stereocenters. The van der Waals surface area contributed by atoms with Gasteiger partial charge in [0.1, 0.15) is 34.3 Å². The summed E-state index contributed by atoms with van der Waals surface area (Å²) in [5.74, 6) is 1.67. The van der Waals surface area contributed by atoms with Crippen LogP contribution in [0.1, 0.15) is 44.3 Å². The van der Waals surface area contributed by atoms with E-state index in [9.17, 15) is 31.1 Å². The maximum Gasteiger partial charge on any atom is 0.387 e. The summed E-state index contributed by atoms with van der Waals surface area (Å²) in [7, 11) is 0. The number of aromatic amines is 2. The molecule has 3 aliphatic heterocycles. The zero-order valence-corrected chi connectivity index (χ0v) is 35.0. The van der Waals surface area contributed by atoms with Crippen LogP contribution in [0.5, 0.6) is 11.5 Å². The van der Waals surface area contributed by atoms with E-state index >= 15 is 0 Å². The Morgan fingerprint density at radius 2 is 1.31 bits per heavy atom. The van der Waals surface area contributed by atoms with Crippen molar-refractivity contribution < 1.29 is 45.3 Å². The number of likely N-dealkylation sites (tertiary alicyclic amines) is 2. The molecule has 5 heterocycles. The van der Waals surface area contributed by atoms with Crippen LogP contribution in [-0.2, 0) is 22.4 Å². The molecule has 1 amide bonds. The first-order chi connectivity index (χ1) is 29.7. The van der Waals surface area contributed by atoms with Crippen LogP contribution in [0.2, 0.25) is 0 Å². The molecule has 62 heavy (non-hydrogen) atoms. The van der Waals surface area contributed by atoms with Gasteiger partial charge in [0.15, 0.2) is 11.5 Å². The molecule has 11 nitrogen and oxygen atoms in total. The molecule has 2 aliphatic carbocycles. The number of hydrogen-bond acceptors (Lipinski definition) is 9. The van der Waals surface area contributed by atoms with Gasteiger partial charge in [-0.05, 0) is 79.5 Å². The van der Waals surface area contributed by atoms with Crippen LogP contribution in [0.3, 0.4) is 0 Å². The van der Waals surface area contributed by atoms with Gasteiger partial charge >= 0.3 is 13.2 Å². The summed E-state index contributed by atoms with van der Waals surface area (Å²) in [6.07, 6.45) is 5.79. The molecule has 5 aliphatic rings. The topological polar surface area (TPSA) is 121 Å². The third-order valence-electron chi connectivity index (χ3n) is 12.7. The highest BCUT2D eigenvalue weighted by Crippen LogP contribution is 2.54. The Hall–Kier alpha value is -4.52. The van der Waals surface area contributed by atoms with Crippen molar-refractivity contribution in [2.24, 2.45) is 22.7 Å². The summed E-state index contributed by atoms with van der Waals surface area (Å²) in [6.45, 7) is 2.68. The molecular weight excluding hydrogens is 837 g/mol. The quantitative estimate of drug-likeness (QED) is 0.0715. The number of nitrogens with zero attached hydrogens (tertiary/aromatic N) is 4. The monoisotopic (exact) mass is 885 g/mol. The van der Waals surface area contributed by atoms with Gasteiger partial charge in [-0.25, -0.2) is 18.7 Å². The fraction of sp³-hybridized carbons (Fsp3) is 0.523. The van der Waals surface area contributed by atoms with Crippen molar-refractivity contribution in [3.63, 3.8) is 0 Å².